The summed E-state index contributed by atoms with van der Waals surface area (Å²) in [7, 11) is 0. The van der Waals surface area contributed by atoms with Crippen LogP contribution in [-0.2, 0) is 9.59 Å². The van der Waals surface area contributed by atoms with Crippen LogP contribution in [0.15, 0.2) is 60.7 Å². The van der Waals surface area contributed by atoms with Crippen LogP contribution >= 0.6 is 11.8 Å². The minimum Gasteiger partial charge on any atom is -0.383 e. The van der Waals surface area contributed by atoms with Gasteiger partial charge in [0.05, 0.1) is 6.07 Å². The largest absolute Gasteiger partial charge is 0.383 e. The fraction of sp³-hybridized carbons (Fsp3) is 0.400. The number of benzene rings is 2. The molecule has 2 unspecified atom stereocenters. The molecule has 1 aliphatic rings. The van der Waals surface area contributed by atoms with Crippen LogP contribution in [-0.4, -0.2) is 67.0 Å². The van der Waals surface area contributed by atoms with E-state index in [4.69, 9.17) is 0 Å². The second kappa shape index (κ2) is 12.8. The maximum atomic E-state index is 13.0. The van der Waals surface area contributed by atoms with Gasteiger partial charge < -0.3 is 20.4 Å². The lowest BCUT2D eigenvalue weighted by atomic mass is 10.1. The van der Waals surface area contributed by atoms with E-state index >= 15 is 0 Å². The Balaban J connectivity index is 1.53. The third-order valence-corrected chi connectivity index (χ3v) is 6.85. The number of carbonyl (C=O) groups excluding carboxylic acids is 2. The van der Waals surface area contributed by atoms with E-state index in [1.165, 1.54) is 11.8 Å². The van der Waals surface area contributed by atoms with Crippen molar-refractivity contribution in [3.05, 3.63) is 60.7 Å². The zero-order chi connectivity index (χ0) is 23.5. The van der Waals surface area contributed by atoms with E-state index < -0.39 is 11.2 Å². The van der Waals surface area contributed by atoms with Crippen LogP contribution in [0.3, 0.4) is 0 Å². The zero-order valence-corrected chi connectivity index (χ0v) is 19.8. The Labute approximate surface area is 200 Å². The van der Waals surface area contributed by atoms with E-state index in [-0.39, 0.29) is 17.6 Å². The lowest BCUT2D eigenvalue weighted by Gasteiger charge is -2.36. The zero-order valence-electron chi connectivity index (χ0n) is 18.9. The summed E-state index contributed by atoms with van der Waals surface area (Å²) < 4.78 is 0. The second-order valence-corrected chi connectivity index (χ2v) is 9.03. The molecule has 0 aliphatic carbocycles. The number of anilines is 2. The highest BCUT2D eigenvalue weighted by Gasteiger charge is 2.29. The van der Waals surface area contributed by atoms with Crippen LogP contribution in [0.1, 0.15) is 6.92 Å². The van der Waals surface area contributed by atoms with Crippen molar-refractivity contribution in [3.63, 3.8) is 0 Å². The number of carbonyl (C=O) groups is 2. The Morgan fingerprint density at radius 1 is 1.03 bits per heavy atom. The van der Waals surface area contributed by atoms with Crippen LogP contribution in [0.4, 0.5) is 11.4 Å². The number of piperazine rings is 1. The Morgan fingerprint density at radius 2 is 1.67 bits per heavy atom. The van der Waals surface area contributed by atoms with E-state index in [1.807, 2.05) is 55.5 Å². The summed E-state index contributed by atoms with van der Waals surface area (Å²) in [5.74, 6) is -0.728. The minimum atomic E-state index is -0.771. The summed E-state index contributed by atoms with van der Waals surface area (Å²) in [6, 6.07) is 22.0. The van der Waals surface area contributed by atoms with Gasteiger partial charge >= 0.3 is 0 Å². The molecule has 2 aromatic carbocycles. The highest BCUT2D eigenvalue weighted by Crippen LogP contribution is 2.21. The monoisotopic (exact) mass is 465 g/mol. The molecule has 0 radical (unpaired) electrons. The number of thioether (sulfide) groups is 1. The predicted octanol–water partition coefficient (Wildman–Crippen LogP) is 2.82. The number of para-hydroxylation sites is 2. The molecule has 0 bridgehead atoms. The Kier molecular flexibility index (Phi) is 9.45. The van der Waals surface area contributed by atoms with Gasteiger partial charge in [0.15, 0.2) is 0 Å². The molecular weight excluding hydrogens is 434 g/mol. The molecule has 2 N–H and O–H groups in total. The fourth-order valence-corrected chi connectivity index (χ4v) is 4.78. The highest BCUT2D eigenvalue weighted by molar-refractivity contribution is 8.00. The average Bonchev–Trinajstić information content (AvgIpc) is 2.87. The lowest BCUT2D eigenvalue weighted by Crippen LogP contribution is -2.50. The molecule has 7 nitrogen and oxygen atoms in total. The molecule has 2 atom stereocenters. The number of nitrogens with zero attached hydrogens (tertiary/aromatic N) is 3. The molecule has 0 aromatic heterocycles. The van der Waals surface area contributed by atoms with Gasteiger partial charge in [-0.3, -0.25) is 9.59 Å². The van der Waals surface area contributed by atoms with Crippen LogP contribution in [0.2, 0.25) is 0 Å². The summed E-state index contributed by atoms with van der Waals surface area (Å²) in [6.45, 7) is 5.49. The molecule has 33 heavy (non-hydrogen) atoms. The summed E-state index contributed by atoms with van der Waals surface area (Å²) in [5.41, 5.74) is 2.07. The van der Waals surface area contributed by atoms with Gasteiger partial charge in [-0.2, -0.15) is 5.26 Å². The average molecular weight is 466 g/mol. The summed E-state index contributed by atoms with van der Waals surface area (Å²) >= 11 is 1.36. The first kappa shape index (κ1) is 24.5. The van der Waals surface area contributed by atoms with Crippen LogP contribution in [0.25, 0.3) is 0 Å². The Morgan fingerprint density at radius 3 is 2.27 bits per heavy atom. The van der Waals surface area contributed by atoms with E-state index in [0.29, 0.717) is 26.2 Å². The van der Waals surface area contributed by atoms with Crippen molar-refractivity contribution in [2.45, 2.75) is 12.2 Å². The van der Waals surface area contributed by atoms with Crippen LogP contribution in [0.5, 0.6) is 0 Å². The first-order valence-electron chi connectivity index (χ1n) is 11.3. The molecule has 1 fully saturated rings. The molecule has 2 aromatic rings. The maximum Gasteiger partial charge on any atom is 0.240 e. The highest BCUT2D eigenvalue weighted by atomic mass is 32.2. The van der Waals surface area contributed by atoms with Gasteiger partial charge in [-0.1, -0.05) is 36.4 Å². The van der Waals surface area contributed by atoms with Gasteiger partial charge in [-0.05, 0) is 31.2 Å². The first-order valence-corrected chi connectivity index (χ1v) is 12.3. The van der Waals surface area contributed by atoms with E-state index in [9.17, 15) is 14.9 Å². The number of hydrogen-bond donors (Lipinski definition) is 2. The molecule has 0 saturated carbocycles. The second-order valence-electron chi connectivity index (χ2n) is 7.79. The van der Waals surface area contributed by atoms with Crippen LogP contribution in [0, 0.1) is 17.2 Å². The standard InChI is InChI=1S/C25H31N5O2S/c1-2-27-24(31)23(18-28-21-9-5-3-6-10-21)33-19-20(17-26)25(32)30-15-13-29(14-16-30)22-11-7-4-8-12-22/h3-12,20,23,28H,2,13-16,18-19H2,1H3,(H,27,31). The Hall–Kier alpha value is -3.18. The number of amides is 2. The number of hydrogen-bond acceptors (Lipinski definition) is 6. The van der Waals surface area contributed by atoms with Crippen molar-refractivity contribution in [3.8, 4) is 6.07 Å². The minimum absolute atomic E-state index is 0.0912. The third kappa shape index (κ3) is 7.16. The molecular formula is C25H31N5O2S. The normalized spacial score (nSPS) is 15.3. The van der Waals surface area contributed by atoms with E-state index in [1.54, 1.807) is 4.90 Å². The molecule has 8 heteroatoms. The van der Waals surface area contributed by atoms with Crippen molar-refractivity contribution in [1.29, 1.82) is 5.26 Å². The topological polar surface area (TPSA) is 88.5 Å². The van der Waals surface area contributed by atoms with E-state index in [2.05, 4.69) is 33.7 Å². The smallest absolute Gasteiger partial charge is 0.240 e. The third-order valence-electron chi connectivity index (χ3n) is 5.54. The van der Waals surface area contributed by atoms with Gasteiger partial charge in [-0.15, -0.1) is 11.8 Å². The van der Waals surface area contributed by atoms with Crippen molar-refractivity contribution in [2.24, 2.45) is 5.92 Å². The summed E-state index contributed by atoms with van der Waals surface area (Å²) in [5, 5.41) is 15.4. The number of rotatable bonds is 10. The van der Waals surface area contributed by atoms with Crippen molar-refractivity contribution >= 4 is 35.0 Å². The number of nitrogens with one attached hydrogen (secondary N) is 2. The van der Waals surface area contributed by atoms with Gasteiger partial charge in [0.2, 0.25) is 11.8 Å². The van der Waals surface area contributed by atoms with Gasteiger partial charge in [0.1, 0.15) is 11.2 Å². The van der Waals surface area contributed by atoms with Crippen molar-refractivity contribution in [1.82, 2.24) is 10.2 Å². The SMILES string of the molecule is CCNC(=O)C(CNc1ccccc1)SCC(C#N)C(=O)N1CCN(c2ccccc2)CC1. The Bertz CT molecular complexity index is 927. The van der Waals surface area contributed by atoms with Crippen molar-refractivity contribution in [2.75, 3.05) is 55.2 Å². The van der Waals surface area contributed by atoms with E-state index in [0.717, 1.165) is 24.5 Å². The van der Waals surface area contributed by atoms with Crippen molar-refractivity contribution < 1.29 is 9.59 Å². The fourth-order valence-electron chi connectivity index (χ4n) is 3.70. The molecule has 174 valence electrons. The summed E-state index contributed by atoms with van der Waals surface area (Å²) in [4.78, 5) is 29.6. The molecule has 3 rings (SSSR count). The van der Waals surface area contributed by atoms with Gasteiger partial charge in [0.25, 0.3) is 0 Å². The lowest BCUT2D eigenvalue weighted by molar-refractivity contribution is -0.133. The predicted molar refractivity (Wildman–Crippen MR) is 134 cm³/mol. The first-order chi connectivity index (χ1) is 16.1. The quantitative estimate of drug-likeness (QED) is 0.561. The van der Waals surface area contributed by atoms with Gasteiger partial charge in [0, 0.05) is 56.4 Å². The molecule has 1 aliphatic heterocycles. The van der Waals surface area contributed by atoms with Gasteiger partial charge in [-0.25, -0.2) is 0 Å². The molecule has 2 amide bonds. The number of nitriles is 1. The maximum absolute atomic E-state index is 13.0. The molecule has 0 spiro atoms. The summed E-state index contributed by atoms with van der Waals surface area (Å²) in [6.07, 6.45) is 0. The van der Waals surface area contributed by atoms with Crippen LogP contribution < -0.4 is 15.5 Å². The molecule has 1 heterocycles. The molecule has 1 saturated heterocycles.